The van der Waals surface area contributed by atoms with Crippen LogP contribution in [0.5, 0.6) is 0 Å². The van der Waals surface area contributed by atoms with Gasteiger partial charge in [0.1, 0.15) is 5.82 Å². The van der Waals surface area contributed by atoms with Gasteiger partial charge in [0.05, 0.1) is 0 Å². The maximum absolute atomic E-state index is 4.39. The van der Waals surface area contributed by atoms with E-state index >= 15 is 0 Å². The molecule has 0 saturated heterocycles. The molecule has 0 spiro atoms. The van der Waals surface area contributed by atoms with E-state index in [-0.39, 0.29) is 0 Å². The molecule has 5 heteroatoms. The lowest BCUT2D eigenvalue weighted by Gasteiger charge is -2.25. The standard InChI is InChI=1S/C10H15BrN2S2/c1-8-12-9(15-13-8)14-7-10(6-11)4-2-3-5-10/h2-7H2,1H3. The summed E-state index contributed by atoms with van der Waals surface area (Å²) in [4.78, 5) is 4.39. The van der Waals surface area contributed by atoms with Crippen LogP contribution in [-0.4, -0.2) is 20.4 Å². The Morgan fingerprint density at radius 3 is 2.73 bits per heavy atom. The highest BCUT2D eigenvalue weighted by atomic mass is 79.9. The van der Waals surface area contributed by atoms with Gasteiger partial charge in [-0.3, -0.25) is 0 Å². The summed E-state index contributed by atoms with van der Waals surface area (Å²) < 4.78 is 5.33. The van der Waals surface area contributed by atoms with Gasteiger partial charge < -0.3 is 0 Å². The zero-order valence-electron chi connectivity index (χ0n) is 8.83. The molecule has 1 aromatic rings. The van der Waals surface area contributed by atoms with E-state index < -0.39 is 0 Å². The molecular formula is C10H15BrN2S2. The van der Waals surface area contributed by atoms with E-state index in [4.69, 9.17) is 0 Å². The lowest BCUT2D eigenvalue weighted by atomic mass is 9.92. The van der Waals surface area contributed by atoms with Gasteiger partial charge in [-0.15, -0.1) is 0 Å². The van der Waals surface area contributed by atoms with Crippen LogP contribution in [0.2, 0.25) is 0 Å². The first-order valence-electron chi connectivity index (χ1n) is 5.23. The van der Waals surface area contributed by atoms with Crippen LogP contribution in [0.4, 0.5) is 0 Å². The predicted molar refractivity (Wildman–Crippen MR) is 70.1 cm³/mol. The minimum Gasteiger partial charge on any atom is -0.213 e. The zero-order chi connectivity index (χ0) is 10.7. The third-order valence-electron chi connectivity index (χ3n) is 2.96. The first-order valence-corrected chi connectivity index (χ1v) is 8.11. The van der Waals surface area contributed by atoms with Crippen LogP contribution in [0, 0.1) is 12.3 Å². The van der Waals surface area contributed by atoms with E-state index in [0.717, 1.165) is 15.5 Å². The predicted octanol–water partition coefficient (Wildman–Crippen LogP) is 3.89. The molecule has 0 radical (unpaired) electrons. The lowest BCUT2D eigenvalue weighted by Crippen LogP contribution is -2.21. The Morgan fingerprint density at radius 1 is 1.47 bits per heavy atom. The van der Waals surface area contributed by atoms with Gasteiger partial charge >= 0.3 is 0 Å². The fourth-order valence-corrected chi connectivity index (χ4v) is 4.95. The SMILES string of the molecule is Cc1nsc(SCC2(CBr)CCCC2)n1. The van der Waals surface area contributed by atoms with Crippen LogP contribution in [0.15, 0.2) is 4.34 Å². The Morgan fingerprint density at radius 2 is 2.20 bits per heavy atom. The Hall–Kier alpha value is 0.390. The average molecular weight is 307 g/mol. The van der Waals surface area contributed by atoms with Crippen molar-refractivity contribution in [1.29, 1.82) is 0 Å². The summed E-state index contributed by atoms with van der Waals surface area (Å²) in [6.45, 7) is 1.95. The number of aryl methyl sites for hydroxylation is 1. The van der Waals surface area contributed by atoms with Crippen LogP contribution in [0.25, 0.3) is 0 Å². The van der Waals surface area contributed by atoms with Crippen molar-refractivity contribution in [3.05, 3.63) is 5.82 Å². The monoisotopic (exact) mass is 306 g/mol. The maximum atomic E-state index is 4.39. The fraction of sp³-hybridized carbons (Fsp3) is 0.800. The van der Waals surface area contributed by atoms with Crippen LogP contribution < -0.4 is 0 Å². The van der Waals surface area contributed by atoms with Crippen molar-refractivity contribution in [1.82, 2.24) is 9.36 Å². The maximum Gasteiger partial charge on any atom is 0.170 e. The second-order valence-electron chi connectivity index (χ2n) is 4.24. The number of thioether (sulfide) groups is 1. The molecule has 0 amide bonds. The number of aromatic nitrogens is 2. The summed E-state index contributed by atoms with van der Waals surface area (Å²) >= 11 is 7.07. The van der Waals surface area contributed by atoms with Crippen molar-refractivity contribution in [3.63, 3.8) is 0 Å². The smallest absolute Gasteiger partial charge is 0.170 e. The Bertz CT molecular complexity index is 321. The van der Waals surface area contributed by atoms with Gasteiger partial charge in [0.15, 0.2) is 4.34 Å². The number of hydrogen-bond donors (Lipinski definition) is 0. The molecule has 1 aromatic heterocycles. The summed E-state index contributed by atoms with van der Waals surface area (Å²) in [6, 6.07) is 0. The van der Waals surface area contributed by atoms with Crippen molar-refractivity contribution in [2.24, 2.45) is 5.41 Å². The first kappa shape index (κ1) is 11.9. The van der Waals surface area contributed by atoms with Crippen molar-refractivity contribution < 1.29 is 0 Å². The number of alkyl halides is 1. The summed E-state index contributed by atoms with van der Waals surface area (Å²) in [5.74, 6) is 2.09. The molecule has 0 N–H and O–H groups in total. The molecule has 1 aliphatic rings. The molecule has 2 rings (SSSR count). The summed E-state index contributed by atoms with van der Waals surface area (Å²) in [6.07, 6.45) is 5.51. The molecule has 0 unspecified atom stereocenters. The molecule has 0 aliphatic heterocycles. The molecule has 0 atom stereocenters. The summed E-state index contributed by atoms with van der Waals surface area (Å²) in [5.41, 5.74) is 0.518. The van der Waals surface area contributed by atoms with Crippen LogP contribution in [-0.2, 0) is 0 Å². The average Bonchev–Trinajstić information content (AvgIpc) is 2.85. The zero-order valence-corrected chi connectivity index (χ0v) is 12.1. The number of hydrogen-bond acceptors (Lipinski definition) is 4. The number of rotatable bonds is 4. The van der Waals surface area contributed by atoms with Crippen LogP contribution >= 0.6 is 39.2 Å². The van der Waals surface area contributed by atoms with Crippen molar-refractivity contribution in [3.8, 4) is 0 Å². The van der Waals surface area contributed by atoms with Crippen molar-refractivity contribution >= 4 is 39.2 Å². The molecule has 0 aromatic carbocycles. The first-order chi connectivity index (χ1) is 7.24. The van der Waals surface area contributed by atoms with Gasteiger partial charge in [-0.25, -0.2) is 4.98 Å². The summed E-state index contributed by atoms with van der Waals surface area (Å²) in [5, 5.41) is 1.13. The highest BCUT2D eigenvalue weighted by molar-refractivity contribution is 9.09. The normalized spacial score (nSPS) is 19.6. The largest absolute Gasteiger partial charge is 0.213 e. The second kappa shape index (κ2) is 5.15. The molecular weight excluding hydrogens is 292 g/mol. The van der Waals surface area contributed by atoms with E-state index in [2.05, 4.69) is 25.3 Å². The minimum atomic E-state index is 0.518. The number of halogens is 1. The van der Waals surface area contributed by atoms with Gasteiger partial charge in [-0.05, 0) is 36.7 Å². The molecule has 1 saturated carbocycles. The highest BCUT2D eigenvalue weighted by Crippen LogP contribution is 2.43. The molecule has 1 fully saturated rings. The molecule has 2 nitrogen and oxygen atoms in total. The quantitative estimate of drug-likeness (QED) is 0.623. The topological polar surface area (TPSA) is 25.8 Å². The minimum absolute atomic E-state index is 0.518. The van der Waals surface area contributed by atoms with E-state index in [1.165, 1.54) is 43.0 Å². The molecule has 1 aliphatic carbocycles. The lowest BCUT2D eigenvalue weighted by molar-refractivity contribution is 0.405. The Balaban J connectivity index is 1.91. The molecule has 0 bridgehead atoms. The van der Waals surface area contributed by atoms with Crippen molar-refractivity contribution in [2.75, 3.05) is 11.1 Å². The van der Waals surface area contributed by atoms with Gasteiger partial charge in [-0.1, -0.05) is 40.5 Å². The van der Waals surface area contributed by atoms with Gasteiger partial charge in [0.25, 0.3) is 0 Å². The molecule has 1 heterocycles. The van der Waals surface area contributed by atoms with E-state index in [1.807, 2.05) is 18.7 Å². The van der Waals surface area contributed by atoms with Crippen LogP contribution in [0.3, 0.4) is 0 Å². The fourth-order valence-electron chi connectivity index (χ4n) is 1.99. The molecule has 84 valence electrons. The van der Waals surface area contributed by atoms with Gasteiger partial charge in [0.2, 0.25) is 0 Å². The van der Waals surface area contributed by atoms with E-state index in [1.54, 1.807) is 0 Å². The summed E-state index contributed by atoms with van der Waals surface area (Å²) in [7, 11) is 0. The highest BCUT2D eigenvalue weighted by Gasteiger charge is 2.32. The van der Waals surface area contributed by atoms with Crippen LogP contribution in [0.1, 0.15) is 31.5 Å². The molecule has 15 heavy (non-hydrogen) atoms. The third-order valence-corrected chi connectivity index (χ3v) is 6.42. The van der Waals surface area contributed by atoms with Gasteiger partial charge in [0, 0.05) is 11.1 Å². The Kier molecular flexibility index (Phi) is 4.07. The van der Waals surface area contributed by atoms with Gasteiger partial charge in [-0.2, -0.15) is 4.37 Å². The Labute approximate surface area is 108 Å². The van der Waals surface area contributed by atoms with E-state index in [0.29, 0.717) is 5.41 Å². The second-order valence-corrected chi connectivity index (χ2v) is 6.77. The third kappa shape index (κ3) is 2.94. The number of nitrogens with zero attached hydrogens (tertiary/aromatic N) is 2. The van der Waals surface area contributed by atoms with Crippen molar-refractivity contribution in [2.45, 2.75) is 36.9 Å². The van der Waals surface area contributed by atoms with E-state index in [9.17, 15) is 0 Å².